The third kappa shape index (κ3) is 8.38. The molecule has 168 valence electrons. The third-order valence-corrected chi connectivity index (χ3v) is 4.62. The number of ether oxygens (including phenoxy) is 1. The number of rotatable bonds is 11. The molecular weight excluding hydrogens is 390 g/mol. The Labute approximate surface area is 177 Å². The molecule has 1 aromatic carbocycles. The first-order valence-corrected chi connectivity index (χ1v) is 10.0. The standard InChI is InChI=1S/C21H33N3O6/c1-14(2)5-6-15(3)20(27)24(29)21(28)23-18(19(26)22-11-12-25)13-16-7-9-17(30-4)10-8-16/h7-10,14-15,18,25,29H,5-6,11-13H2,1-4H3,(H,22,26)(H,23,28)/t15-,18?/m0/s1. The van der Waals surface area contributed by atoms with Crippen molar-refractivity contribution in [2.45, 2.75) is 46.1 Å². The van der Waals surface area contributed by atoms with Crippen molar-refractivity contribution in [2.24, 2.45) is 11.8 Å². The van der Waals surface area contributed by atoms with E-state index in [9.17, 15) is 19.6 Å². The van der Waals surface area contributed by atoms with Gasteiger partial charge in [0.15, 0.2) is 0 Å². The Balaban J connectivity index is 2.83. The number of hydrogen-bond acceptors (Lipinski definition) is 6. The molecule has 2 atom stereocenters. The van der Waals surface area contributed by atoms with E-state index >= 15 is 0 Å². The molecule has 0 saturated carbocycles. The molecule has 0 aliphatic rings. The zero-order chi connectivity index (χ0) is 22.7. The van der Waals surface area contributed by atoms with E-state index in [0.29, 0.717) is 18.1 Å². The van der Waals surface area contributed by atoms with Crippen molar-refractivity contribution in [3.63, 3.8) is 0 Å². The maximum atomic E-state index is 12.4. The lowest BCUT2D eigenvalue weighted by atomic mass is 9.99. The number of carbonyl (C=O) groups is 3. The number of imide groups is 1. The number of methoxy groups -OCH3 is 1. The van der Waals surface area contributed by atoms with E-state index in [1.807, 2.05) is 13.8 Å². The normalized spacial score (nSPS) is 12.8. The molecule has 0 spiro atoms. The molecule has 0 aromatic heterocycles. The first-order valence-electron chi connectivity index (χ1n) is 10.0. The number of aliphatic hydroxyl groups is 1. The van der Waals surface area contributed by atoms with Crippen LogP contribution < -0.4 is 15.4 Å². The number of urea groups is 1. The minimum atomic E-state index is -1.07. The van der Waals surface area contributed by atoms with Gasteiger partial charge in [-0.2, -0.15) is 0 Å². The Morgan fingerprint density at radius 3 is 2.27 bits per heavy atom. The van der Waals surface area contributed by atoms with Gasteiger partial charge < -0.3 is 20.5 Å². The molecule has 0 bridgehead atoms. The summed E-state index contributed by atoms with van der Waals surface area (Å²) in [6.07, 6.45) is 1.44. The topological polar surface area (TPSA) is 128 Å². The largest absolute Gasteiger partial charge is 0.497 e. The quantitative estimate of drug-likeness (QED) is 0.317. The van der Waals surface area contributed by atoms with E-state index in [4.69, 9.17) is 9.84 Å². The van der Waals surface area contributed by atoms with Crippen LogP contribution in [0.5, 0.6) is 5.75 Å². The summed E-state index contributed by atoms with van der Waals surface area (Å²) in [4.78, 5) is 37.1. The van der Waals surface area contributed by atoms with Crippen molar-refractivity contribution >= 4 is 17.8 Å². The van der Waals surface area contributed by atoms with Gasteiger partial charge in [0.05, 0.1) is 13.7 Å². The van der Waals surface area contributed by atoms with Gasteiger partial charge in [-0.05, 0) is 30.0 Å². The maximum Gasteiger partial charge on any atom is 0.349 e. The number of hydrogen-bond donors (Lipinski definition) is 4. The van der Waals surface area contributed by atoms with Crippen LogP contribution in [-0.2, 0) is 16.0 Å². The van der Waals surface area contributed by atoms with Crippen LogP contribution in [0, 0.1) is 11.8 Å². The highest BCUT2D eigenvalue weighted by molar-refractivity contribution is 5.96. The minimum absolute atomic E-state index is 0.0157. The van der Waals surface area contributed by atoms with Gasteiger partial charge in [0.1, 0.15) is 11.8 Å². The van der Waals surface area contributed by atoms with Crippen LogP contribution in [0.3, 0.4) is 0 Å². The molecule has 0 aliphatic carbocycles. The van der Waals surface area contributed by atoms with Gasteiger partial charge in [0, 0.05) is 18.9 Å². The van der Waals surface area contributed by atoms with Crippen LogP contribution in [0.2, 0.25) is 0 Å². The SMILES string of the molecule is COc1ccc(CC(NC(=O)N(O)C(=O)[C@@H](C)CCC(C)C)C(=O)NCCO)cc1. The Morgan fingerprint density at radius 1 is 1.10 bits per heavy atom. The fraction of sp³-hybridized carbons (Fsp3) is 0.571. The average Bonchev–Trinajstić information content (AvgIpc) is 2.74. The molecule has 9 nitrogen and oxygen atoms in total. The second-order valence-electron chi connectivity index (χ2n) is 7.59. The molecule has 4 amide bonds. The van der Waals surface area contributed by atoms with Crippen molar-refractivity contribution in [1.82, 2.24) is 15.7 Å². The predicted molar refractivity (Wildman–Crippen MR) is 111 cm³/mol. The molecule has 4 N–H and O–H groups in total. The first-order chi connectivity index (χ1) is 14.2. The molecule has 0 fully saturated rings. The number of aliphatic hydroxyl groups excluding tert-OH is 1. The lowest BCUT2D eigenvalue weighted by Crippen LogP contribution is -2.53. The summed E-state index contributed by atoms with van der Waals surface area (Å²) < 4.78 is 5.10. The minimum Gasteiger partial charge on any atom is -0.497 e. The van der Waals surface area contributed by atoms with Gasteiger partial charge in [-0.1, -0.05) is 39.3 Å². The Hall–Kier alpha value is -2.65. The van der Waals surface area contributed by atoms with Crippen molar-refractivity contribution in [3.05, 3.63) is 29.8 Å². The number of amides is 4. The number of nitrogens with zero attached hydrogens (tertiary/aromatic N) is 1. The van der Waals surface area contributed by atoms with Crippen LogP contribution in [0.15, 0.2) is 24.3 Å². The Kier molecular flexibility index (Phi) is 10.8. The molecule has 0 aliphatic heterocycles. The molecular formula is C21H33N3O6. The van der Waals surface area contributed by atoms with E-state index in [-0.39, 0.29) is 24.6 Å². The Morgan fingerprint density at radius 2 is 1.73 bits per heavy atom. The van der Waals surface area contributed by atoms with Crippen molar-refractivity contribution < 1.29 is 29.4 Å². The second-order valence-corrected chi connectivity index (χ2v) is 7.59. The monoisotopic (exact) mass is 423 g/mol. The van der Waals surface area contributed by atoms with Crippen LogP contribution in [0.4, 0.5) is 4.79 Å². The van der Waals surface area contributed by atoms with Crippen LogP contribution in [-0.4, -0.2) is 59.5 Å². The summed E-state index contributed by atoms with van der Waals surface area (Å²) in [5, 5.41) is 23.9. The van der Waals surface area contributed by atoms with Gasteiger partial charge in [0.25, 0.3) is 5.91 Å². The fourth-order valence-corrected chi connectivity index (χ4v) is 2.73. The van der Waals surface area contributed by atoms with Gasteiger partial charge in [-0.3, -0.25) is 14.8 Å². The number of nitrogens with one attached hydrogen (secondary N) is 2. The highest BCUT2D eigenvalue weighted by Gasteiger charge is 2.29. The van der Waals surface area contributed by atoms with E-state index in [2.05, 4.69) is 10.6 Å². The van der Waals surface area contributed by atoms with Crippen LogP contribution in [0.25, 0.3) is 0 Å². The summed E-state index contributed by atoms with van der Waals surface area (Å²) in [5.74, 6) is -0.766. The molecule has 0 radical (unpaired) electrons. The predicted octanol–water partition coefficient (Wildman–Crippen LogP) is 1.71. The lowest BCUT2D eigenvalue weighted by molar-refractivity contribution is -0.157. The molecule has 30 heavy (non-hydrogen) atoms. The summed E-state index contributed by atoms with van der Waals surface area (Å²) in [5.41, 5.74) is 0.737. The van der Waals surface area contributed by atoms with Gasteiger partial charge >= 0.3 is 6.03 Å². The summed E-state index contributed by atoms with van der Waals surface area (Å²) >= 11 is 0. The summed E-state index contributed by atoms with van der Waals surface area (Å²) in [6, 6.07) is 4.80. The highest BCUT2D eigenvalue weighted by Crippen LogP contribution is 2.15. The molecule has 0 saturated heterocycles. The number of carbonyl (C=O) groups excluding carboxylic acids is 3. The van der Waals surface area contributed by atoms with Crippen LogP contribution in [0.1, 0.15) is 39.2 Å². The fourth-order valence-electron chi connectivity index (χ4n) is 2.73. The lowest BCUT2D eigenvalue weighted by Gasteiger charge is -2.23. The smallest absolute Gasteiger partial charge is 0.349 e. The maximum absolute atomic E-state index is 12.4. The van der Waals surface area contributed by atoms with Gasteiger partial charge in [-0.25, -0.2) is 4.79 Å². The third-order valence-electron chi connectivity index (χ3n) is 4.62. The van der Waals surface area contributed by atoms with E-state index in [0.717, 1.165) is 12.0 Å². The number of benzene rings is 1. The molecule has 1 unspecified atom stereocenters. The van der Waals surface area contributed by atoms with E-state index < -0.39 is 29.8 Å². The average molecular weight is 424 g/mol. The van der Waals surface area contributed by atoms with E-state index in [1.165, 1.54) is 7.11 Å². The molecule has 1 aromatic rings. The first kappa shape index (κ1) is 25.4. The van der Waals surface area contributed by atoms with Crippen molar-refractivity contribution in [1.29, 1.82) is 0 Å². The van der Waals surface area contributed by atoms with Crippen molar-refractivity contribution in [3.8, 4) is 5.75 Å². The summed E-state index contributed by atoms with van der Waals surface area (Å²) in [7, 11) is 1.54. The molecule has 9 heteroatoms. The van der Waals surface area contributed by atoms with Crippen LogP contribution >= 0.6 is 0 Å². The highest BCUT2D eigenvalue weighted by atomic mass is 16.5. The van der Waals surface area contributed by atoms with E-state index in [1.54, 1.807) is 31.2 Å². The summed E-state index contributed by atoms with van der Waals surface area (Å²) in [6.45, 7) is 5.45. The zero-order valence-corrected chi connectivity index (χ0v) is 18.1. The van der Waals surface area contributed by atoms with Gasteiger partial charge in [0.2, 0.25) is 5.91 Å². The van der Waals surface area contributed by atoms with Crippen molar-refractivity contribution in [2.75, 3.05) is 20.3 Å². The Bertz CT molecular complexity index is 692. The molecule has 1 rings (SSSR count). The van der Waals surface area contributed by atoms with Gasteiger partial charge in [-0.15, -0.1) is 5.06 Å². The zero-order valence-electron chi connectivity index (χ0n) is 18.1. The molecule has 0 heterocycles. The number of hydroxylamine groups is 2. The second kappa shape index (κ2) is 12.8.